The molecule has 4 aromatic heterocycles. The Hall–Kier alpha value is -4.79. The average Bonchev–Trinajstić information content (AvgIpc) is 3.46. The molecule has 5 rings (SSSR count). The van der Waals surface area contributed by atoms with Gasteiger partial charge in [-0.2, -0.15) is 5.10 Å². The highest BCUT2D eigenvalue weighted by Gasteiger charge is 2.13. The van der Waals surface area contributed by atoms with E-state index in [1.807, 2.05) is 29.2 Å². The summed E-state index contributed by atoms with van der Waals surface area (Å²) in [5, 5.41) is 7.17. The molecule has 0 aliphatic carbocycles. The van der Waals surface area contributed by atoms with E-state index in [-0.39, 0.29) is 5.91 Å². The molecule has 4 heterocycles. The van der Waals surface area contributed by atoms with Crippen molar-refractivity contribution in [1.82, 2.24) is 29.7 Å². The Morgan fingerprint density at radius 3 is 2.94 bits per heavy atom. The van der Waals surface area contributed by atoms with Crippen LogP contribution in [0.25, 0.3) is 22.3 Å². The molecule has 5 aromatic rings. The van der Waals surface area contributed by atoms with Gasteiger partial charge in [0.1, 0.15) is 11.3 Å². The highest BCUT2D eigenvalue weighted by atomic mass is 16.5. The van der Waals surface area contributed by atoms with E-state index in [9.17, 15) is 4.79 Å². The number of carbonyl (C=O) groups is 1. The quantitative estimate of drug-likeness (QED) is 0.370. The van der Waals surface area contributed by atoms with Crippen molar-refractivity contribution in [3.63, 3.8) is 0 Å². The van der Waals surface area contributed by atoms with Gasteiger partial charge in [0.05, 0.1) is 18.9 Å². The van der Waals surface area contributed by atoms with Crippen LogP contribution >= 0.6 is 0 Å². The number of nitrogens with zero attached hydrogens (tertiary/aromatic N) is 5. The highest BCUT2D eigenvalue weighted by Crippen LogP contribution is 2.29. The second-order valence-corrected chi connectivity index (χ2v) is 7.21. The van der Waals surface area contributed by atoms with Crippen LogP contribution in [0.2, 0.25) is 0 Å². The zero-order valence-electron chi connectivity index (χ0n) is 17.5. The Kier molecular flexibility index (Phi) is 5.34. The van der Waals surface area contributed by atoms with Crippen LogP contribution in [0.3, 0.4) is 0 Å². The molecule has 9 nitrogen and oxygen atoms in total. The number of pyridine rings is 1. The molecule has 33 heavy (non-hydrogen) atoms. The fourth-order valence-electron chi connectivity index (χ4n) is 3.36. The lowest BCUT2D eigenvalue weighted by molar-refractivity contribution is -0.111. The van der Waals surface area contributed by atoms with Gasteiger partial charge in [0.15, 0.2) is 5.65 Å². The molecule has 0 atom stereocenters. The second kappa shape index (κ2) is 8.75. The van der Waals surface area contributed by atoms with Crippen molar-refractivity contribution < 1.29 is 9.53 Å². The molecule has 0 spiro atoms. The van der Waals surface area contributed by atoms with E-state index >= 15 is 0 Å². The topological polar surface area (TPSA) is 111 Å². The van der Waals surface area contributed by atoms with Gasteiger partial charge in [-0.25, -0.2) is 9.97 Å². The minimum atomic E-state index is -0.296. The van der Waals surface area contributed by atoms with Gasteiger partial charge >= 0.3 is 0 Å². The molecule has 0 fully saturated rings. The summed E-state index contributed by atoms with van der Waals surface area (Å²) in [5.74, 6) is 0.558. The SMILES string of the molecule is C=CC(=O)Nc1cccc(Oc2cnc3[nH]cc(-c4cnn(Cc5ccncc5)c4)c3n2)c1. The van der Waals surface area contributed by atoms with E-state index in [1.54, 1.807) is 49.1 Å². The van der Waals surface area contributed by atoms with Gasteiger partial charge < -0.3 is 15.0 Å². The van der Waals surface area contributed by atoms with E-state index in [0.29, 0.717) is 35.0 Å². The van der Waals surface area contributed by atoms with Crippen molar-refractivity contribution in [2.45, 2.75) is 6.54 Å². The Morgan fingerprint density at radius 2 is 2.09 bits per heavy atom. The number of amides is 1. The third kappa shape index (κ3) is 4.47. The average molecular weight is 437 g/mol. The Morgan fingerprint density at radius 1 is 1.21 bits per heavy atom. The zero-order valence-corrected chi connectivity index (χ0v) is 17.5. The summed E-state index contributed by atoms with van der Waals surface area (Å²) in [6.45, 7) is 4.10. The number of aromatic nitrogens is 6. The van der Waals surface area contributed by atoms with Crippen LogP contribution < -0.4 is 10.1 Å². The fraction of sp³-hybridized carbons (Fsp3) is 0.0417. The van der Waals surface area contributed by atoms with Gasteiger partial charge in [-0.05, 0) is 35.9 Å². The van der Waals surface area contributed by atoms with E-state index in [1.165, 1.54) is 6.08 Å². The molecule has 0 saturated heterocycles. The van der Waals surface area contributed by atoms with Crippen LogP contribution in [0, 0.1) is 0 Å². The number of ether oxygens (including phenoxy) is 1. The Labute approximate surface area is 188 Å². The molecule has 0 bridgehead atoms. The molecule has 2 N–H and O–H groups in total. The lowest BCUT2D eigenvalue weighted by Gasteiger charge is -2.07. The maximum atomic E-state index is 11.5. The second-order valence-electron chi connectivity index (χ2n) is 7.21. The summed E-state index contributed by atoms with van der Waals surface area (Å²) in [6.07, 6.45) is 11.9. The van der Waals surface area contributed by atoms with Crippen LogP contribution in [0.1, 0.15) is 5.56 Å². The van der Waals surface area contributed by atoms with Gasteiger partial charge in [-0.15, -0.1) is 0 Å². The van der Waals surface area contributed by atoms with E-state index in [4.69, 9.17) is 4.74 Å². The Bertz CT molecular complexity index is 1440. The lowest BCUT2D eigenvalue weighted by atomic mass is 10.2. The largest absolute Gasteiger partial charge is 0.437 e. The molecule has 162 valence electrons. The molecule has 1 aromatic carbocycles. The number of hydrogen-bond acceptors (Lipinski definition) is 6. The van der Waals surface area contributed by atoms with Crippen molar-refractivity contribution in [3.05, 3.63) is 91.8 Å². The van der Waals surface area contributed by atoms with Crippen LogP contribution in [0.15, 0.2) is 86.2 Å². The number of H-pyrrole nitrogens is 1. The highest BCUT2D eigenvalue weighted by molar-refractivity contribution is 5.99. The van der Waals surface area contributed by atoms with Crippen molar-refractivity contribution in [1.29, 1.82) is 0 Å². The summed E-state index contributed by atoms with van der Waals surface area (Å²) in [4.78, 5) is 27.8. The maximum Gasteiger partial charge on any atom is 0.247 e. The monoisotopic (exact) mass is 437 g/mol. The predicted octanol–water partition coefficient (Wildman–Crippen LogP) is 4.18. The normalized spacial score (nSPS) is 10.8. The van der Waals surface area contributed by atoms with E-state index < -0.39 is 0 Å². The van der Waals surface area contributed by atoms with Crippen LogP contribution in [0.5, 0.6) is 11.6 Å². The first-order valence-corrected chi connectivity index (χ1v) is 10.1. The van der Waals surface area contributed by atoms with Crippen molar-refractivity contribution in [2.75, 3.05) is 5.32 Å². The van der Waals surface area contributed by atoms with Crippen LogP contribution in [0.4, 0.5) is 5.69 Å². The molecule has 0 aliphatic rings. The standard InChI is InChI=1S/C24H19N7O2/c1-2-21(32)29-18-4-3-5-19(10-18)33-22-13-27-24-23(30-22)20(12-26-24)17-11-28-31(15-17)14-16-6-8-25-9-7-16/h2-13,15H,1,14H2,(H,26,27)(H,29,32). The number of fused-ring (bicyclic) bond motifs is 1. The molecule has 1 amide bonds. The number of hydrogen-bond donors (Lipinski definition) is 2. The van der Waals surface area contributed by atoms with Gasteiger partial charge in [-0.3, -0.25) is 14.5 Å². The lowest BCUT2D eigenvalue weighted by Crippen LogP contribution is -2.07. The minimum absolute atomic E-state index is 0.296. The zero-order chi connectivity index (χ0) is 22.6. The summed E-state index contributed by atoms with van der Waals surface area (Å²) < 4.78 is 7.76. The molecule has 9 heteroatoms. The predicted molar refractivity (Wildman–Crippen MR) is 124 cm³/mol. The first kappa shape index (κ1) is 20.1. The molecular weight excluding hydrogens is 418 g/mol. The molecule has 0 unspecified atom stereocenters. The summed E-state index contributed by atoms with van der Waals surface area (Å²) >= 11 is 0. The van der Waals surface area contributed by atoms with Crippen LogP contribution in [-0.2, 0) is 11.3 Å². The van der Waals surface area contributed by atoms with Gasteiger partial charge in [0.25, 0.3) is 0 Å². The first-order chi connectivity index (χ1) is 16.2. The number of benzene rings is 1. The third-order valence-electron chi connectivity index (χ3n) is 4.91. The van der Waals surface area contributed by atoms with Gasteiger partial charge in [0, 0.05) is 47.7 Å². The smallest absolute Gasteiger partial charge is 0.247 e. The van der Waals surface area contributed by atoms with Crippen molar-refractivity contribution in [3.8, 4) is 22.8 Å². The number of anilines is 1. The number of nitrogens with one attached hydrogen (secondary N) is 2. The maximum absolute atomic E-state index is 11.5. The van der Waals surface area contributed by atoms with Gasteiger partial charge in [0.2, 0.25) is 11.8 Å². The van der Waals surface area contributed by atoms with Gasteiger partial charge in [-0.1, -0.05) is 12.6 Å². The summed E-state index contributed by atoms with van der Waals surface area (Å²) in [5.41, 5.74) is 4.81. The molecule has 0 saturated carbocycles. The molecule has 0 aliphatic heterocycles. The third-order valence-corrected chi connectivity index (χ3v) is 4.91. The molecular formula is C24H19N7O2. The molecule has 0 radical (unpaired) electrons. The van der Waals surface area contributed by atoms with Crippen molar-refractivity contribution in [2.24, 2.45) is 0 Å². The fourth-order valence-corrected chi connectivity index (χ4v) is 3.36. The van der Waals surface area contributed by atoms with Crippen LogP contribution in [-0.4, -0.2) is 35.6 Å². The Balaban J connectivity index is 1.39. The van der Waals surface area contributed by atoms with E-state index in [2.05, 4.69) is 36.9 Å². The van der Waals surface area contributed by atoms with Crippen molar-refractivity contribution >= 4 is 22.8 Å². The number of rotatable bonds is 7. The summed E-state index contributed by atoms with van der Waals surface area (Å²) in [7, 11) is 0. The number of carbonyl (C=O) groups excluding carboxylic acids is 1. The first-order valence-electron chi connectivity index (χ1n) is 10.1. The van der Waals surface area contributed by atoms with E-state index in [0.717, 1.165) is 16.7 Å². The number of aromatic amines is 1. The minimum Gasteiger partial charge on any atom is -0.437 e. The summed E-state index contributed by atoms with van der Waals surface area (Å²) in [6, 6.07) is 10.9.